The maximum Gasteiger partial charge on any atom is 0.338 e. The Kier molecular flexibility index (Phi) is 9.63. The van der Waals surface area contributed by atoms with Crippen molar-refractivity contribution in [2.75, 3.05) is 6.61 Å². The second kappa shape index (κ2) is 13.7. The van der Waals surface area contributed by atoms with E-state index in [0.717, 1.165) is 11.1 Å². The molecule has 0 radical (unpaired) electrons. The van der Waals surface area contributed by atoms with Gasteiger partial charge in [0.2, 0.25) is 0 Å². The molecule has 4 atom stereocenters. The lowest BCUT2D eigenvalue weighted by Crippen LogP contribution is -2.58. The Morgan fingerprint density at radius 2 is 1.26 bits per heavy atom. The van der Waals surface area contributed by atoms with Gasteiger partial charge in [0.1, 0.15) is 0 Å². The number of aryl methyl sites for hydroxylation is 1. The van der Waals surface area contributed by atoms with E-state index in [2.05, 4.69) is 0 Å². The van der Waals surface area contributed by atoms with Crippen LogP contribution in [0, 0.1) is 6.92 Å². The van der Waals surface area contributed by atoms with Crippen LogP contribution in [0.1, 0.15) is 31.8 Å². The average molecular weight is 603 g/mol. The lowest BCUT2D eigenvalue weighted by molar-refractivity contribution is -0.265. The molecule has 1 saturated heterocycles. The van der Waals surface area contributed by atoms with Crippen molar-refractivity contribution in [1.82, 2.24) is 0 Å². The first kappa shape index (κ1) is 30.1. The Morgan fingerprint density at radius 1 is 0.721 bits per heavy atom. The van der Waals surface area contributed by atoms with E-state index in [1.807, 2.05) is 37.3 Å². The monoisotopic (exact) mass is 602 g/mol. The van der Waals surface area contributed by atoms with Gasteiger partial charge in [-0.05, 0) is 48.9 Å². The zero-order valence-corrected chi connectivity index (χ0v) is 24.1. The van der Waals surface area contributed by atoms with E-state index < -0.39 is 46.7 Å². The molecule has 0 bridgehead atoms. The van der Waals surface area contributed by atoms with Crippen LogP contribution in [-0.2, 0) is 39.9 Å². The Labute approximate surface area is 250 Å². The third kappa shape index (κ3) is 7.74. The molecule has 0 spiro atoms. The van der Waals surface area contributed by atoms with Gasteiger partial charge in [-0.25, -0.2) is 9.59 Å². The van der Waals surface area contributed by atoms with E-state index in [9.17, 15) is 18.0 Å². The van der Waals surface area contributed by atoms with Crippen LogP contribution in [0.2, 0.25) is 0 Å². The summed E-state index contributed by atoms with van der Waals surface area (Å²) in [6, 6.07) is 31.7. The molecule has 0 saturated carbocycles. The van der Waals surface area contributed by atoms with Crippen molar-refractivity contribution in [2.45, 2.75) is 43.0 Å². The number of carbonyl (C=O) groups excluding carboxylic acids is 2. The summed E-state index contributed by atoms with van der Waals surface area (Å²) in [7, 11) is -4.42. The van der Waals surface area contributed by atoms with Gasteiger partial charge in [-0.3, -0.25) is 4.18 Å². The maximum absolute atomic E-state index is 13.5. The molecular weight excluding hydrogens is 572 g/mol. The molecular formula is C33H30O9S. The molecule has 1 unspecified atom stereocenters. The number of rotatable bonds is 10. The molecule has 1 aliphatic rings. The molecule has 1 heterocycles. The van der Waals surface area contributed by atoms with E-state index in [-0.39, 0.29) is 29.2 Å². The molecule has 43 heavy (non-hydrogen) atoms. The quantitative estimate of drug-likeness (QED) is 0.181. The standard InChI is InChI=1S/C33H30O9S/c1-23-17-19-27(20-18-23)43(36,37)42-30-29(41-32(35)26-15-9-4-10-16-26)28(40-31(34)25-13-7-3-8-14-25)22-39-33(30)38-21-24-11-5-2-6-12-24/h2-20,28-30,33H,21-22H2,1H3/t28-,29?,30+,33-/m1/s1. The van der Waals surface area contributed by atoms with Crippen LogP contribution in [0.3, 0.4) is 0 Å². The summed E-state index contributed by atoms with van der Waals surface area (Å²) in [4.78, 5) is 26.2. The van der Waals surface area contributed by atoms with Gasteiger partial charge in [-0.2, -0.15) is 8.42 Å². The summed E-state index contributed by atoms with van der Waals surface area (Å²) in [6.45, 7) is 1.61. The molecule has 5 rings (SSSR count). The summed E-state index contributed by atoms with van der Waals surface area (Å²) >= 11 is 0. The molecule has 1 aliphatic heterocycles. The van der Waals surface area contributed by atoms with Crippen LogP contribution >= 0.6 is 0 Å². The van der Waals surface area contributed by atoms with Crippen LogP contribution in [0.5, 0.6) is 0 Å². The van der Waals surface area contributed by atoms with Crippen molar-refractivity contribution in [2.24, 2.45) is 0 Å². The molecule has 4 aromatic carbocycles. The molecule has 10 heteroatoms. The van der Waals surface area contributed by atoms with Crippen molar-refractivity contribution < 1.29 is 41.1 Å². The SMILES string of the molecule is Cc1ccc(S(=O)(=O)O[C@H]2C(OC(=O)c3ccccc3)[C@H](OC(=O)c3ccccc3)CO[C@H]2OCc2ccccc2)cc1. The largest absolute Gasteiger partial charge is 0.452 e. The second-order valence-electron chi connectivity index (χ2n) is 9.87. The number of esters is 2. The highest BCUT2D eigenvalue weighted by atomic mass is 32.2. The topological polar surface area (TPSA) is 114 Å². The van der Waals surface area contributed by atoms with Crippen LogP contribution in [0.4, 0.5) is 0 Å². The van der Waals surface area contributed by atoms with Crippen molar-refractivity contribution in [1.29, 1.82) is 0 Å². The number of carbonyl (C=O) groups is 2. The van der Waals surface area contributed by atoms with Gasteiger partial charge in [-0.15, -0.1) is 0 Å². The van der Waals surface area contributed by atoms with Gasteiger partial charge >= 0.3 is 11.9 Å². The minimum atomic E-state index is -4.42. The molecule has 4 aromatic rings. The van der Waals surface area contributed by atoms with Gasteiger partial charge in [-0.1, -0.05) is 84.4 Å². The first-order valence-electron chi connectivity index (χ1n) is 13.6. The molecule has 0 aliphatic carbocycles. The van der Waals surface area contributed by atoms with Crippen LogP contribution in [0.25, 0.3) is 0 Å². The van der Waals surface area contributed by atoms with E-state index in [0.29, 0.717) is 0 Å². The van der Waals surface area contributed by atoms with Crippen LogP contribution in [-0.4, -0.2) is 51.6 Å². The third-order valence-corrected chi connectivity index (χ3v) is 8.03. The summed E-state index contributed by atoms with van der Waals surface area (Å²) in [5.41, 5.74) is 2.11. The smallest absolute Gasteiger partial charge is 0.338 e. The number of hydrogen-bond donors (Lipinski definition) is 0. The van der Waals surface area contributed by atoms with Gasteiger partial charge < -0.3 is 18.9 Å². The molecule has 0 aromatic heterocycles. The lowest BCUT2D eigenvalue weighted by atomic mass is 10.0. The summed E-state index contributed by atoms with van der Waals surface area (Å²) in [5.74, 6) is -1.48. The van der Waals surface area contributed by atoms with E-state index in [1.165, 1.54) is 12.1 Å². The molecule has 1 fully saturated rings. The predicted octanol–water partition coefficient (Wildman–Crippen LogP) is 5.09. The highest BCUT2D eigenvalue weighted by Gasteiger charge is 2.49. The summed E-state index contributed by atoms with van der Waals surface area (Å²) < 4.78 is 56.2. The Hall–Kier alpha value is -4.35. The summed E-state index contributed by atoms with van der Waals surface area (Å²) in [5, 5.41) is 0. The van der Waals surface area contributed by atoms with Crippen molar-refractivity contribution >= 4 is 22.1 Å². The fraction of sp³-hybridized carbons (Fsp3) is 0.212. The maximum atomic E-state index is 13.5. The second-order valence-corrected chi connectivity index (χ2v) is 11.4. The predicted molar refractivity (Wildman–Crippen MR) is 155 cm³/mol. The number of benzene rings is 4. The zero-order valence-electron chi connectivity index (χ0n) is 23.3. The molecule has 0 amide bonds. The highest BCUT2D eigenvalue weighted by molar-refractivity contribution is 7.86. The Morgan fingerprint density at radius 3 is 1.84 bits per heavy atom. The zero-order chi connectivity index (χ0) is 30.2. The first-order chi connectivity index (χ1) is 20.8. The number of hydrogen-bond acceptors (Lipinski definition) is 9. The van der Waals surface area contributed by atoms with E-state index >= 15 is 0 Å². The van der Waals surface area contributed by atoms with Crippen LogP contribution in [0.15, 0.2) is 120 Å². The molecule has 222 valence electrons. The highest BCUT2D eigenvalue weighted by Crippen LogP contribution is 2.30. The number of ether oxygens (including phenoxy) is 4. The minimum absolute atomic E-state index is 0.0454. The molecule has 0 N–H and O–H groups in total. The molecule has 9 nitrogen and oxygen atoms in total. The van der Waals surface area contributed by atoms with Crippen LogP contribution < -0.4 is 0 Å². The van der Waals surface area contributed by atoms with Gasteiger partial charge in [0.15, 0.2) is 24.6 Å². The normalized spacial score (nSPS) is 20.2. The fourth-order valence-electron chi connectivity index (χ4n) is 4.44. The van der Waals surface area contributed by atoms with Gasteiger partial charge in [0, 0.05) is 0 Å². The Balaban J connectivity index is 1.49. The minimum Gasteiger partial charge on any atom is -0.452 e. The van der Waals surface area contributed by atoms with Crippen molar-refractivity contribution in [3.05, 3.63) is 138 Å². The average Bonchev–Trinajstić information content (AvgIpc) is 3.03. The van der Waals surface area contributed by atoms with Gasteiger partial charge in [0.05, 0.1) is 29.2 Å². The van der Waals surface area contributed by atoms with Crippen molar-refractivity contribution in [3.8, 4) is 0 Å². The lowest BCUT2D eigenvalue weighted by Gasteiger charge is -2.40. The first-order valence-corrected chi connectivity index (χ1v) is 15.0. The van der Waals surface area contributed by atoms with E-state index in [4.69, 9.17) is 23.1 Å². The van der Waals surface area contributed by atoms with E-state index in [1.54, 1.807) is 72.8 Å². The van der Waals surface area contributed by atoms with Gasteiger partial charge in [0.25, 0.3) is 10.1 Å². The van der Waals surface area contributed by atoms with Crippen molar-refractivity contribution in [3.63, 3.8) is 0 Å². The Bertz CT molecular complexity index is 1610. The summed E-state index contributed by atoms with van der Waals surface area (Å²) in [6.07, 6.45) is -5.49. The fourth-order valence-corrected chi connectivity index (χ4v) is 5.51. The third-order valence-electron chi connectivity index (χ3n) is 6.71.